The molecule has 5 nitrogen and oxygen atoms in total. The quantitative estimate of drug-likeness (QED) is 0.511. The van der Waals surface area contributed by atoms with E-state index in [9.17, 15) is 18.0 Å². The number of carbonyl (C=O) groups excluding carboxylic acids is 1. The average Bonchev–Trinajstić information content (AvgIpc) is 2.81. The first kappa shape index (κ1) is 22.5. The molecule has 1 aromatic carbocycles. The van der Waals surface area contributed by atoms with Crippen LogP contribution in [-0.4, -0.2) is 21.9 Å². The van der Waals surface area contributed by atoms with Crippen LogP contribution in [0.5, 0.6) is 11.6 Å². The minimum absolute atomic E-state index is 0.0944. The number of amides is 1. The third-order valence-electron chi connectivity index (χ3n) is 5.38. The van der Waals surface area contributed by atoms with Crippen molar-refractivity contribution in [3.05, 3.63) is 89.4 Å². The maximum Gasteiger partial charge on any atom is 0.417 e. The minimum atomic E-state index is -4.43. The van der Waals surface area contributed by atoms with E-state index in [0.717, 1.165) is 43.5 Å². The van der Waals surface area contributed by atoms with E-state index in [-0.39, 0.29) is 17.8 Å². The van der Waals surface area contributed by atoms with Gasteiger partial charge in [-0.25, -0.2) is 4.98 Å². The summed E-state index contributed by atoms with van der Waals surface area (Å²) in [6, 6.07) is 14.8. The van der Waals surface area contributed by atoms with E-state index in [2.05, 4.69) is 21.4 Å². The zero-order valence-electron chi connectivity index (χ0n) is 17.7. The van der Waals surface area contributed by atoms with E-state index in [1.165, 1.54) is 11.6 Å². The first-order valence-electron chi connectivity index (χ1n) is 10.6. The van der Waals surface area contributed by atoms with Gasteiger partial charge in [0.25, 0.3) is 5.91 Å². The Bertz CT molecular complexity index is 1120. The molecule has 33 heavy (non-hydrogen) atoms. The van der Waals surface area contributed by atoms with Gasteiger partial charge in [0.05, 0.1) is 5.56 Å². The molecule has 1 saturated carbocycles. The lowest BCUT2D eigenvalue weighted by Crippen LogP contribution is -2.36. The highest BCUT2D eigenvalue weighted by Crippen LogP contribution is 2.31. The number of carbonyl (C=O) groups is 1. The van der Waals surface area contributed by atoms with Crippen LogP contribution < -0.4 is 10.1 Å². The molecule has 0 saturated heterocycles. The number of alkyl halides is 3. The van der Waals surface area contributed by atoms with Crippen LogP contribution in [0.15, 0.2) is 72.6 Å². The molecule has 2 heterocycles. The SMILES string of the molecule is O=C(NC1CCC(=Cc2cccc(Oc3ccc(C(F)(F)F)cn3)c2)CC1)c1ccccn1. The van der Waals surface area contributed by atoms with Crippen LogP contribution in [0.2, 0.25) is 0 Å². The van der Waals surface area contributed by atoms with Crippen LogP contribution in [0.1, 0.15) is 47.3 Å². The fourth-order valence-electron chi connectivity index (χ4n) is 3.67. The molecule has 1 N–H and O–H groups in total. The van der Waals surface area contributed by atoms with Gasteiger partial charge in [0.1, 0.15) is 11.4 Å². The Kier molecular flexibility index (Phi) is 6.72. The van der Waals surface area contributed by atoms with E-state index in [1.54, 1.807) is 30.5 Å². The smallest absolute Gasteiger partial charge is 0.417 e. The predicted molar refractivity (Wildman–Crippen MR) is 118 cm³/mol. The van der Waals surface area contributed by atoms with Crippen LogP contribution in [-0.2, 0) is 6.18 Å². The number of aromatic nitrogens is 2. The van der Waals surface area contributed by atoms with Crippen molar-refractivity contribution in [2.24, 2.45) is 0 Å². The fraction of sp³-hybridized carbons (Fsp3) is 0.240. The monoisotopic (exact) mass is 453 g/mol. The fourth-order valence-corrected chi connectivity index (χ4v) is 3.67. The third kappa shape index (κ3) is 6.19. The van der Waals surface area contributed by atoms with Crippen molar-refractivity contribution >= 4 is 12.0 Å². The maximum absolute atomic E-state index is 12.7. The molecule has 170 valence electrons. The molecule has 4 rings (SSSR count). The molecule has 0 aliphatic heterocycles. The van der Waals surface area contributed by atoms with Crippen LogP contribution in [0.25, 0.3) is 6.08 Å². The van der Waals surface area contributed by atoms with E-state index in [1.807, 2.05) is 18.2 Å². The maximum atomic E-state index is 12.7. The summed E-state index contributed by atoms with van der Waals surface area (Å²) in [5.41, 5.74) is 1.80. The lowest BCUT2D eigenvalue weighted by Gasteiger charge is -2.25. The van der Waals surface area contributed by atoms with E-state index < -0.39 is 11.7 Å². The highest BCUT2D eigenvalue weighted by molar-refractivity contribution is 5.92. The Labute approximate surface area is 189 Å². The first-order chi connectivity index (χ1) is 15.9. The molecule has 1 fully saturated rings. The molecule has 0 atom stereocenters. The van der Waals surface area contributed by atoms with Crippen molar-refractivity contribution in [3.63, 3.8) is 0 Å². The van der Waals surface area contributed by atoms with Gasteiger partial charge in [0.15, 0.2) is 0 Å². The van der Waals surface area contributed by atoms with Crippen molar-refractivity contribution in [3.8, 4) is 11.6 Å². The lowest BCUT2D eigenvalue weighted by molar-refractivity contribution is -0.137. The van der Waals surface area contributed by atoms with Gasteiger partial charge in [0.2, 0.25) is 5.88 Å². The zero-order chi connectivity index (χ0) is 23.3. The summed E-state index contributed by atoms with van der Waals surface area (Å²) in [6.07, 6.45) is 3.42. The number of pyridine rings is 2. The van der Waals surface area contributed by atoms with Crippen molar-refractivity contribution < 1.29 is 22.7 Å². The highest BCUT2D eigenvalue weighted by atomic mass is 19.4. The van der Waals surface area contributed by atoms with E-state index in [4.69, 9.17) is 4.74 Å². The van der Waals surface area contributed by atoms with Gasteiger partial charge >= 0.3 is 6.18 Å². The molecular formula is C25H22F3N3O2. The molecule has 1 amide bonds. The molecule has 0 radical (unpaired) electrons. The zero-order valence-corrected chi connectivity index (χ0v) is 17.7. The van der Waals surface area contributed by atoms with Gasteiger partial charge in [0, 0.05) is 24.5 Å². The summed E-state index contributed by atoms with van der Waals surface area (Å²) < 4.78 is 43.6. The van der Waals surface area contributed by atoms with Gasteiger partial charge in [-0.1, -0.05) is 29.8 Å². The van der Waals surface area contributed by atoms with Crippen LogP contribution in [0, 0.1) is 0 Å². The van der Waals surface area contributed by atoms with Crippen molar-refractivity contribution in [2.75, 3.05) is 0 Å². The van der Waals surface area contributed by atoms with Crippen LogP contribution in [0.3, 0.4) is 0 Å². The van der Waals surface area contributed by atoms with Crippen molar-refractivity contribution in [1.82, 2.24) is 15.3 Å². The molecule has 1 aliphatic carbocycles. The predicted octanol–water partition coefficient (Wildman–Crippen LogP) is 6.04. The van der Waals surface area contributed by atoms with Crippen LogP contribution in [0.4, 0.5) is 13.2 Å². The van der Waals surface area contributed by atoms with Crippen LogP contribution >= 0.6 is 0 Å². The number of allylic oxidation sites excluding steroid dienone is 1. The second-order valence-electron chi connectivity index (χ2n) is 7.82. The van der Waals surface area contributed by atoms with Gasteiger partial charge in [-0.15, -0.1) is 0 Å². The molecule has 2 aromatic heterocycles. The number of ether oxygens (including phenoxy) is 1. The molecule has 3 aromatic rings. The second-order valence-corrected chi connectivity index (χ2v) is 7.82. The Morgan fingerprint density at radius 2 is 1.85 bits per heavy atom. The summed E-state index contributed by atoms with van der Waals surface area (Å²) in [5, 5.41) is 3.04. The number of benzene rings is 1. The molecule has 0 bridgehead atoms. The standard InChI is InChI=1S/C25H22F3N3O2/c26-25(27,28)19-9-12-23(30-16-19)33-21-5-3-4-18(15-21)14-17-7-10-20(11-8-17)31-24(32)22-6-1-2-13-29-22/h1-6,9,12-16,20H,7-8,10-11H2,(H,31,32). The average molecular weight is 453 g/mol. The van der Waals surface area contributed by atoms with Crippen molar-refractivity contribution in [2.45, 2.75) is 37.9 Å². The summed E-state index contributed by atoms with van der Waals surface area (Å²) in [5.74, 6) is 0.430. The van der Waals surface area contributed by atoms with Gasteiger partial charge < -0.3 is 10.1 Å². The van der Waals surface area contributed by atoms with E-state index in [0.29, 0.717) is 11.4 Å². The normalized spacial score (nSPS) is 16.2. The molecule has 1 aliphatic rings. The number of halogens is 3. The number of nitrogens with one attached hydrogen (secondary N) is 1. The summed E-state index contributed by atoms with van der Waals surface area (Å²) in [6.45, 7) is 0. The molecule has 8 heteroatoms. The second kappa shape index (κ2) is 9.85. The summed E-state index contributed by atoms with van der Waals surface area (Å²) in [7, 11) is 0. The number of hydrogen-bond donors (Lipinski definition) is 1. The van der Waals surface area contributed by atoms with Gasteiger partial charge in [-0.2, -0.15) is 13.2 Å². The number of hydrogen-bond acceptors (Lipinski definition) is 4. The summed E-state index contributed by atoms with van der Waals surface area (Å²) in [4.78, 5) is 20.1. The van der Waals surface area contributed by atoms with Gasteiger partial charge in [-0.05, 0) is 61.6 Å². The molecule has 0 unspecified atom stereocenters. The molecule has 0 spiro atoms. The van der Waals surface area contributed by atoms with Gasteiger partial charge in [-0.3, -0.25) is 9.78 Å². The topological polar surface area (TPSA) is 64.1 Å². The minimum Gasteiger partial charge on any atom is -0.439 e. The molecular weight excluding hydrogens is 431 g/mol. The third-order valence-corrected chi connectivity index (χ3v) is 5.38. The Hall–Kier alpha value is -3.68. The largest absolute Gasteiger partial charge is 0.439 e. The Morgan fingerprint density at radius 3 is 2.52 bits per heavy atom. The highest BCUT2D eigenvalue weighted by Gasteiger charge is 2.30. The first-order valence-corrected chi connectivity index (χ1v) is 10.6. The Morgan fingerprint density at radius 1 is 1.03 bits per heavy atom. The number of rotatable bonds is 5. The van der Waals surface area contributed by atoms with E-state index >= 15 is 0 Å². The van der Waals surface area contributed by atoms with Crippen molar-refractivity contribution in [1.29, 1.82) is 0 Å². The summed E-state index contributed by atoms with van der Waals surface area (Å²) >= 11 is 0. The number of nitrogens with zero attached hydrogens (tertiary/aromatic N) is 2. The Balaban J connectivity index is 1.34. The lowest BCUT2D eigenvalue weighted by atomic mass is 9.89.